The molecular formula is C18H21N5O. The van der Waals surface area contributed by atoms with Crippen molar-refractivity contribution in [1.82, 2.24) is 19.6 Å². The van der Waals surface area contributed by atoms with Crippen molar-refractivity contribution < 1.29 is 4.74 Å². The van der Waals surface area contributed by atoms with Gasteiger partial charge in [-0.2, -0.15) is 14.6 Å². The highest BCUT2D eigenvalue weighted by molar-refractivity contribution is 5.49. The van der Waals surface area contributed by atoms with Gasteiger partial charge in [0.25, 0.3) is 5.78 Å². The average molecular weight is 323 g/mol. The van der Waals surface area contributed by atoms with Crippen LogP contribution in [0.2, 0.25) is 0 Å². The van der Waals surface area contributed by atoms with E-state index in [0.29, 0.717) is 11.8 Å². The molecule has 0 bridgehead atoms. The third-order valence-corrected chi connectivity index (χ3v) is 4.68. The highest BCUT2D eigenvalue weighted by Crippen LogP contribution is 2.30. The minimum absolute atomic E-state index is 0.426. The van der Waals surface area contributed by atoms with E-state index in [0.717, 1.165) is 36.6 Å². The smallest absolute Gasteiger partial charge is 0.254 e. The topological polar surface area (TPSA) is 55.5 Å². The van der Waals surface area contributed by atoms with Crippen molar-refractivity contribution in [1.29, 1.82) is 0 Å². The Kier molecular flexibility index (Phi) is 3.80. The van der Waals surface area contributed by atoms with Crippen molar-refractivity contribution in [3.05, 3.63) is 47.9 Å². The number of benzene rings is 1. The zero-order valence-corrected chi connectivity index (χ0v) is 14.0. The van der Waals surface area contributed by atoms with Gasteiger partial charge in [-0.15, -0.1) is 0 Å². The van der Waals surface area contributed by atoms with Crippen molar-refractivity contribution in [2.75, 3.05) is 18.6 Å². The molecule has 0 amide bonds. The molecule has 2 aromatic heterocycles. The molecule has 0 N–H and O–H groups in total. The molecule has 0 radical (unpaired) electrons. The van der Waals surface area contributed by atoms with E-state index >= 15 is 0 Å². The first-order valence-electron chi connectivity index (χ1n) is 8.32. The molecule has 4 rings (SSSR count). The summed E-state index contributed by atoms with van der Waals surface area (Å²) in [6.07, 6.45) is 4.87. The number of anilines is 1. The van der Waals surface area contributed by atoms with Crippen LogP contribution in [0.4, 0.5) is 5.82 Å². The molecule has 0 spiro atoms. The van der Waals surface area contributed by atoms with Crippen molar-refractivity contribution in [3.63, 3.8) is 0 Å². The van der Waals surface area contributed by atoms with Crippen molar-refractivity contribution in [3.8, 4) is 5.75 Å². The molecule has 3 aromatic rings. The van der Waals surface area contributed by atoms with E-state index in [1.165, 1.54) is 12.0 Å². The largest absolute Gasteiger partial charge is 0.496 e. The predicted octanol–water partition coefficient (Wildman–Crippen LogP) is 2.65. The Morgan fingerprint density at radius 2 is 2.17 bits per heavy atom. The maximum Gasteiger partial charge on any atom is 0.254 e. The number of aryl methyl sites for hydroxylation is 1. The number of aromatic nitrogens is 4. The Hall–Kier alpha value is -2.63. The maximum absolute atomic E-state index is 5.52. The molecule has 6 nitrogen and oxygen atoms in total. The number of nitrogens with zero attached hydrogens (tertiary/aromatic N) is 5. The van der Waals surface area contributed by atoms with E-state index in [2.05, 4.69) is 38.2 Å². The molecule has 0 aliphatic carbocycles. The fourth-order valence-electron chi connectivity index (χ4n) is 3.59. The summed E-state index contributed by atoms with van der Waals surface area (Å²) in [6.45, 7) is 3.03. The molecule has 3 heterocycles. The van der Waals surface area contributed by atoms with Gasteiger partial charge in [0.15, 0.2) is 0 Å². The van der Waals surface area contributed by atoms with Gasteiger partial charge in [-0.05, 0) is 37.8 Å². The highest BCUT2D eigenvalue weighted by atomic mass is 16.5. The van der Waals surface area contributed by atoms with Gasteiger partial charge in [-0.25, -0.2) is 4.98 Å². The second-order valence-electron chi connectivity index (χ2n) is 6.23. The number of hydrogen-bond donors (Lipinski definition) is 0. The molecule has 1 aliphatic heterocycles. The Morgan fingerprint density at radius 1 is 1.29 bits per heavy atom. The van der Waals surface area contributed by atoms with Crippen LogP contribution < -0.4 is 9.64 Å². The maximum atomic E-state index is 5.52. The summed E-state index contributed by atoms with van der Waals surface area (Å²) >= 11 is 0. The summed E-state index contributed by atoms with van der Waals surface area (Å²) in [5, 5.41) is 4.36. The monoisotopic (exact) mass is 323 g/mol. The lowest BCUT2D eigenvalue weighted by atomic mass is 10.0. The first-order valence-corrected chi connectivity index (χ1v) is 8.32. The van der Waals surface area contributed by atoms with Crippen LogP contribution in [0.5, 0.6) is 5.75 Å². The molecule has 1 aromatic carbocycles. The molecular weight excluding hydrogens is 302 g/mol. The second kappa shape index (κ2) is 6.11. The standard InChI is InChI=1S/C18H21N5O/c1-13-10-17(23-18(21-13)19-12-20-23)22-9-5-7-15(22)11-14-6-3-4-8-16(14)24-2/h3-4,6,8,10,12,15H,5,7,9,11H2,1-2H3/t15-/m0/s1. The van der Waals surface area contributed by atoms with Crippen LogP contribution in [0.3, 0.4) is 0 Å². The van der Waals surface area contributed by atoms with Gasteiger partial charge in [-0.3, -0.25) is 0 Å². The predicted molar refractivity (Wildman–Crippen MR) is 92.6 cm³/mol. The van der Waals surface area contributed by atoms with Crippen molar-refractivity contribution >= 4 is 11.6 Å². The Balaban J connectivity index is 1.68. The molecule has 6 heteroatoms. The van der Waals surface area contributed by atoms with Crippen LogP contribution in [-0.4, -0.2) is 39.3 Å². The number of ether oxygens (including phenoxy) is 1. The van der Waals surface area contributed by atoms with Crippen LogP contribution in [-0.2, 0) is 6.42 Å². The fraction of sp³-hybridized carbons (Fsp3) is 0.389. The van der Waals surface area contributed by atoms with Gasteiger partial charge in [0.2, 0.25) is 0 Å². The van der Waals surface area contributed by atoms with Crippen LogP contribution in [0.25, 0.3) is 5.78 Å². The zero-order valence-electron chi connectivity index (χ0n) is 14.0. The number of hydrogen-bond acceptors (Lipinski definition) is 5. The molecule has 0 saturated carbocycles. The Bertz CT molecular complexity index is 859. The molecule has 24 heavy (non-hydrogen) atoms. The summed E-state index contributed by atoms with van der Waals surface area (Å²) in [5.41, 5.74) is 2.21. The minimum atomic E-state index is 0.426. The highest BCUT2D eigenvalue weighted by Gasteiger charge is 2.28. The number of fused-ring (bicyclic) bond motifs is 1. The number of methoxy groups -OCH3 is 1. The second-order valence-corrected chi connectivity index (χ2v) is 6.23. The zero-order chi connectivity index (χ0) is 16.5. The molecule has 1 fully saturated rings. The first-order chi connectivity index (χ1) is 11.8. The molecule has 1 saturated heterocycles. The van der Waals surface area contributed by atoms with E-state index in [1.54, 1.807) is 13.4 Å². The quantitative estimate of drug-likeness (QED) is 0.739. The van der Waals surface area contributed by atoms with Gasteiger partial charge in [0.1, 0.15) is 17.9 Å². The minimum Gasteiger partial charge on any atom is -0.496 e. The third kappa shape index (κ3) is 2.58. The molecule has 0 unspecified atom stereocenters. The van der Waals surface area contributed by atoms with E-state index in [1.807, 2.05) is 23.6 Å². The summed E-state index contributed by atoms with van der Waals surface area (Å²) < 4.78 is 7.36. The van der Waals surface area contributed by atoms with E-state index < -0.39 is 0 Å². The summed E-state index contributed by atoms with van der Waals surface area (Å²) in [7, 11) is 1.73. The Morgan fingerprint density at radius 3 is 3.04 bits per heavy atom. The van der Waals surface area contributed by atoms with Crippen LogP contribution in [0.1, 0.15) is 24.1 Å². The van der Waals surface area contributed by atoms with Crippen LogP contribution in [0, 0.1) is 6.92 Å². The van der Waals surface area contributed by atoms with Gasteiger partial charge >= 0.3 is 0 Å². The van der Waals surface area contributed by atoms with Gasteiger partial charge in [-0.1, -0.05) is 18.2 Å². The van der Waals surface area contributed by atoms with E-state index in [9.17, 15) is 0 Å². The molecule has 124 valence electrons. The number of rotatable bonds is 4. The lowest BCUT2D eigenvalue weighted by Crippen LogP contribution is -2.33. The van der Waals surface area contributed by atoms with Gasteiger partial charge < -0.3 is 9.64 Å². The molecule has 1 atom stereocenters. The lowest BCUT2D eigenvalue weighted by Gasteiger charge is -2.27. The third-order valence-electron chi connectivity index (χ3n) is 4.68. The number of para-hydroxylation sites is 1. The lowest BCUT2D eigenvalue weighted by molar-refractivity contribution is 0.407. The van der Waals surface area contributed by atoms with E-state index in [4.69, 9.17) is 4.74 Å². The SMILES string of the molecule is COc1ccccc1C[C@@H]1CCCN1c1cc(C)nc2ncnn12. The fourth-order valence-corrected chi connectivity index (χ4v) is 3.59. The average Bonchev–Trinajstić information content (AvgIpc) is 3.23. The van der Waals surface area contributed by atoms with Crippen LogP contribution in [0.15, 0.2) is 36.7 Å². The normalized spacial score (nSPS) is 17.6. The van der Waals surface area contributed by atoms with E-state index in [-0.39, 0.29) is 0 Å². The van der Waals surface area contributed by atoms with Crippen LogP contribution >= 0.6 is 0 Å². The first kappa shape index (κ1) is 14.9. The Labute approximate surface area is 141 Å². The van der Waals surface area contributed by atoms with Crippen molar-refractivity contribution in [2.45, 2.75) is 32.2 Å². The summed E-state index contributed by atoms with van der Waals surface area (Å²) in [4.78, 5) is 11.1. The van der Waals surface area contributed by atoms with Gasteiger partial charge in [0.05, 0.1) is 7.11 Å². The summed E-state index contributed by atoms with van der Waals surface area (Å²) in [6, 6.07) is 10.8. The molecule has 1 aliphatic rings. The van der Waals surface area contributed by atoms with Crippen molar-refractivity contribution in [2.24, 2.45) is 0 Å². The summed E-state index contributed by atoms with van der Waals surface area (Å²) in [5.74, 6) is 2.70. The van der Waals surface area contributed by atoms with Gasteiger partial charge in [0, 0.05) is 24.3 Å².